The Hall–Kier alpha value is -0.780. The Morgan fingerprint density at radius 2 is 2.35 bits per heavy atom. The van der Waals surface area contributed by atoms with Crippen molar-refractivity contribution in [3.05, 3.63) is 24.0 Å². The first-order valence-electron chi connectivity index (χ1n) is 7.25. The lowest BCUT2D eigenvalue weighted by molar-refractivity contribution is 0.0470. The lowest BCUT2D eigenvalue weighted by Crippen LogP contribution is -2.38. The Labute approximate surface area is 125 Å². The first-order chi connectivity index (χ1) is 9.70. The number of likely N-dealkylation sites (N-methyl/N-ethyl adjacent to an activating group) is 1. The Morgan fingerprint density at radius 3 is 3.00 bits per heavy atom. The van der Waals surface area contributed by atoms with E-state index in [1.54, 1.807) is 6.20 Å². The highest BCUT2D eigenvalue weighted by Crippen LogP contribution is 2.27. The van der Waals surface area contributed by atoms with Gasteiger partial charge in [0.05, 0.1) is 31.1 Å². The van der Waals surface area contributed by atoms with Gasteiger partial charge in [-0.25, -0.2) is 0 Å². The molecule has 1 aromatic rings. The molecule has 1 saturated heterocycles. The summed E-state index contributed by atoms with van der Waals surface area (Å²) < 4.78 is 11.7. The quantitative estimate of drug-likeness (QED) is 0.874. The maximum Gasteiger partial charge on any atom is 0.138 e. The van der Waals surface area contributed by atoms with Crippen molar-refractivity contribution >= 4 is 11.8 Å². The summed E-state index contributed by atoms with van der Waals surface area (Å²) in [7, 11) is 0. The van der Waals surface area contributed by atoms with Crippen LogP contribution in [0.2, 0.25) is 0 Å². The number of hydrogen-bond acceptors (Lipinski definition) is 5. The maximum atomic E-state index is 5.92. The minimum Gasteiger partial charge on any atom is -0.489 e. The van der Waals surface area contributed by atoms with Gasteiger partial charge in [0.1, 0.15) is 5.75 Å². The van der Waals surface area contributed by atoms with E-state index in [2.05, 4.69) is 23.3 Å². The minimum atomic E-state index is 0.158. The molecule has 1 aliphatic rings. The number of hydrogen-bond donors (Lipinski definition) is 1. The molecule has 1 aliphatic heterocycles. The van der Waals surface area contributed by atoms with Crippen molar-refractivity contribution in [3.63, 3.8) is 0 Å². The summed E-state index contributed by atoms with van der Waals surface area (Å²) in [5, 5.41) is 3.52. The van der Waals surface area contributed by atoms with Crippen LogP contribution in [0.25, 0.3) is 0 Å². The van der Waals surface area contributed by atoms with Crippen LogP contribution in [0.5, 0.6) is 5.75 Å². The molecule has 4 nitrogen and oxygen atoms in total. The molecule has 0 bridgehead atoms. The van der Waals surface area contributed by atoms with Gasteiger partial charge in [0.2, 0.25) is 0 Å². The molecule has 5 heteroatoms. The van der Waals surface area contributed by atoms with Gasteiger partial charge in [0.25, 0.3) is 0 Å². The summed E-state index contributed by atoms with van der Waals surface area (Å²) in [6, 6.07) is 2.25. The zero-order chi connectivity index (χ0) is 14.4. The van der Waals surface area contributed by atoms with E-state index in [0.29, 0.717) is 0 Å². The topological polar surface area (TPSA) is 43.4 Å². The zero-order valence-electron chi connectivity index (χ0n) is 12.5. The van der Waals surface area contributed by atoms with Crippen molar-refractivity contribution < 1.29 is 9.47 Å². The normalized spacial score (nSPS) is 20.9. The molecule has 1 aromatic heterocycles. The standard InChI is InChI=1S/C15H24N2O2S/c1-4-17-15(14-10-20-6-5-18-14)12-7-13(9-16-8-12)19-11(2)3/h7-9,11,14-15,17H,4-6,10H2,1-3H3. The van der Waals surface area contributed by atoms with Gasteiger partial charge in [0, 0.05) is 17.7 Å². The van der Waals surface area contributed by atoms with Gasteiger partial charge in [-0.3, -0.25) is 4.98 Å². The zero-order valence-corrected chi connectivity index (χ0v) is 13.3. The molecule has 0 aromatic carbocycles. The highest BCUT2D eigenvalue weighted by molar-refractivity contribution is 7.99. The van der Waals surface area contributed by atoms with Crippen molar-refractivity contribution in [2.24, 2.45) is 0 Å². The summed E-state index contributed by atoms with van der Waals surface area (Å²) >= 11 is 1.95. The third kappa shape index (κ3) is 4.36. The number of nitrogens with one attached hydrogen (secondary N) is 1. The molecule has 0 radical (unpaired) electrons. The van der Waals surface area contributed by atoms with E-state index in [9.17, 15) is 0 Å². The van der Waals surface area contributed by atoms with Gasteiger partial charge in [0.15, 0.2) is 0 Å². The number of pyridine rings is 1. The SMILES string of the molecule is CCNC(c1cncc(OC(C)C)c1)C1CSCCO1. The number of aromatic nitrogens is 1. The van der Waals surface area contributed by atoms with Crippen LogP contribution in [0.3, 0.4) is 0 Å². The van der Waals surface area contributed by atoms with Crippen LogP contribution in [0.4, 0.5) is 0 Å². The second kappa shape index (κ2) is 7.86. The fraction of sp³-hybridized carbons (Fsp3) is 0.667. The van der Waals surface area contributed by atoms with E-state index in [1.807, 2.05) is 31.8 Å². The fourth-order valence-corrected chi connectivity index (χ4v) is 3.23. The summed E-state index contributed by atoms with van der Waals surface area (Å²) in [4.78, 5) is 4.31. The lowest BCUT2D eigenvalue weighted by atomic mass is 10.0. The van der Waals surface area contributed by atoms with Crippen LogP contribution in [0, 0.1) is 0 Å². The number of ether oxygens (including phenoxy) is 2. The van der Waals surface area contributed by atoms with Crippen LogP contribution >= 0.6 is 11.8 Å². The van der Waals surface area contributed by atoms with Gasteiger partial charge in [-0.15, -0.1) is 0 Å². The summed E-state index contributed by atoms with van der Waals surface area (Å²) in [5.41, 5.74) is 1.14. The van der Waals surface area contributed by atoms with E-state index < -0.39 is 0 Å². The molecule has 1 fully saturated rings. The van der Waals surface area contributed by atoms with E-state index in [-0.39, 0.29) is 18.2 Å². The third-order valence-electron chi connectivity index (χ3n) is 3.10. The Bertz CT molecular complexity index is 409. The average molecular weight is 296 g/mol. The fourth-order valence-electron chi connectivity index (χ4n) is 2.32. The molecule has 0 spiro atoms. The largest absolute Gasteiger partial charge is 0.489 e. The molecule has 2 unspecified atom stereocenters. The Kier molecular flexibility index (Phi) is 6.13. The molecule has 112 valence electrons. The second-order valence-electron chi connectivity index (χ2n) is 5.14. The lowest BCUT2D eigenvalue weighted by Gasteiger charge is -2.31. The van der Waals surface area contributed by atoms with Crippen LogP contribution in [-0.4, -0.2) is 41.8 Å². The Morgan fingerprint density at radius 1 is 1.50 bits per heavy atom. The molecular formula is C15H24N2O2S. The summed E-state index contributed by atoms with van der Waals surface area (Å²) in [5.74, 6) is 2.93. The number of nitrogens with zero attached hydrogens (tertiary/aromatic N) is 1. The van der Waals surface area contributed by atoms with Gasteiger partial charge in [-0.1, -0.05) is 6.92 Å². The van der Waals surface area contributed by atoms with Crippen LogP contribution in [-0.2, 0) is 4.74 Å². The van der Waals surface area contributed by atoms with Crippen LogP contribution in [0.15, 0.2) is 18.5 Å². The monoisotopic (exact) mass is 296 g/mol. The Balaban J connectivity index is 2.15. The van der Waals surface area contributed by atoms with Gasteiger partial charge < -0.3 is 14.8 Å². The molecule has 2 heterocycles. The molecular weight excluding hydrogens is 272 g/mol. The van der Waals surface area contributed by atoms with E-state index in [4.69, 9.17) is 9.47 Å². The molecule has 0 amide bonds. The van der Waals surface area contributed by atoms with Crippen LogP contribution < -0.4 is 10.1 Å². The maximum absolute atomic E-state index is 5.92. The highest BCUT2D eigenvalue weighted by Gasteiger charge is 2.26. The van der Waals surface area contributed by atoms with Gasteiger partial charge in [-0.05, 0) is 32.0 Å². The predicted octanol–water partition coefficient (Wildman–Crippen LogP) is 2.65. The molecule has 0 saturated carbocycles. The molecule has 0 aliphatic carbocycles. The average Bonchev–Trinajstić information content (AvgIpc) is 2.45. The molecule has 1 N–H and O–H groups in total. The van der Waals surface area contributed by atoms with Crippen molar-refractivity contribution in [3.8, 4) is 5.75 Å². The number of rotatable bonds is 6. The summed E-state index contributed by atoms with van der Waals surface area (Å²) in [6.07, 6.45) is 4.03. The van der Waals surface area contributed by atoms with Crippen molar-refractivity contribution in [1.82, 2.24) is 10.3 Å². The second-order valence-corrected chi connectivity index (χ2v) is 6.29. The van der Waals surface area contributed by atoms with E-state index in [1.165, 1.54) is 0 Å². The predicted molar refractivity (Wildman–Crippen MR) is 83.5 cm³/mol. The van der Waals surface area contributed by atoms with E-state index in [0.717, 1.165) is 36.0 Å². The highest BCUT2D eigenvalue weighted by atomic mass is 32.2. The smallest absolute Gasteiger partial charge is 0.138 e. The van der Waals surface area contributed by atoms with Gasteiger partial charge >= 0.3 is 0 Å². The van der Waals surface area contributed by atoms with Crippen molar-refractivity contribution in [2.45, 2.75) is 39.0 Å². The molecule has 20 heavy (non-hydrogen) atoms. The minimum absolute atomic E-state index is 0.158. The van der Waals surface area contributed by atoms with Crippen molar-refractivity contribution in [1.29, 1.82) is 0 Å². The molecule has 2 rings (SSSR count). The molecule has 2 atom stereocenters. The first-order valence-corrected chi connectivity index (χ1v) is 8.40. The summed E-state index contributed by atoms with van der Waals surface area (Å²) in [6.45, 7) is 7.90. The number of thioether (sulfide) groups is 1. The third-order valence-corrected chi connectivity index (χ3v) is 4.12. The van der Waals surface area contributed by atoms with Crippen LogP contribution in [0.1, 0.15) is 32.4 Å². The van der Waals surface area contributed by atoms with Crippen molar-refractivity contribution in [2.75, 3.05) is 24.7 Å². The van der Waals surface area contributed by atoms with E-state index >= 15 is 0 Å². The van der Waals surface area contributed by atoms with Gasteiger partial charge in [-0.2, -0.15) is 11.8 Å². The first kappa shape index (κ1) is 15.6.